The molecule has 1 aromatic heterocycles. The van der Waals surface area contributed by atoms with Gasteiger partial charge in [-0.15, -0.1) is 0 Å². The molecule has 0 saturated heterocycles. The molecule has 0 amide bonds. The summed E-state index contributed by atoms with van der Waals surface area (Å²) in [5.74, 6) is 0.874. The van der Waals surface area contributed by atoms with E-state index in [4.69, 9.17) is 4.52 Å². The van der Waals surface area contributed by atoms with E-state index < -0.39 is 7.26 Å². The zero-order valence-corrected chi connectivity index (χ0v) is 18.3. The second-order valence-corrected chi connectivity index (χ2v) is 11.1. The molecule has 0 aliphatic heterocycles. The lowest BCUT2D eigenvalue weighted by Crippen LogP contribution is -2.34. The number of hydrogen-bond acceptors (Lipinski definition) is 4. The van der Waals surface area contributed by atoms with Gasteiger partial charge >= 0.3 is 0 Å². The van der Waals surface area contributed by atoms with Gasteiger partial charge in [0.15, 0.2) is 6.33 Å². The van der Waals surface area contributed by atoms with Crippen molar-refractivity contribution in [2.45, 2.75) is 25.7 Å². The van der Waals surface area contributed by atoms with Gasteiger partial charge in [-0.25, -0.2) is 0 Å². The maximum Gasteiger partial charge on any atom is 0.226 e. The number of carbonyl (C=O) groups is 1. The molecule has 3 aromatic carbocycles. The molecule has 156 valence electrons. The second-order valence-electron chi connectivity index (χ2n) is 7.52. The Morgan fingerprint density at radius 3 is 1.71 bits per heavy atom. The average molecular weight is 429 g/mol. The SMILES string of the molecule is O=C(CCCc1ncno1)CC[P+](c1ccccc1)(c1ccccc1)c1ccccc1. The highest BCUT2D eigenvalue weighted by molar-refractivity contribution is 7.95. The number of hydrogen-bond donors (Lipinski definition) is 0. The summed E-state index contributed by atoms with van der Waals surface area (Å²) in [6.07, 6.45) is 4.67. The van der Waals surface area contributed by atoms with Crippen LogP contribution in [0.4, 0.5) is 0 Å². The molecule has 0 N–H and O–H groups in total. The molecule has 0 radical (unpaired) electrons. The lowest BCUT2D eigenvalue weighted by Gasteiger charge is -2.27. The molecular weight excluding hydrogens is 403 g/mol. The molecule has 5 heteroatoms. The number of Topliss-reactive ketones (excluding diaryl/α,β-unsaturated/α-hetero) is 1. The van der Waals surface area contributed by atoms with Crippen molar-refractivity contribution >= 4 is 29.0 Å². The minimum absolute atomic E-state index is 0.284. The number of benzene rings is 3. The first kappa shape index (κ1) is 21.1. The Morgan fingerprint density at radius 1 is 0.742 bits per heavy atom. The fourth-order valence-electron chi connectivity index (χ4n) is 4.04. The van der Waals surface area contributed by atoms with Crippen LogP contribution in [0.1, 0.15) is 25.2 Å². The average Bonchev–Trinajstić information content (AvgIpc) is 3.35. The summed E-state index contributed by atoms with van der Waals surface area (Å²) >= 11 is 0. The van der Waals surface area contributed by atoms with E-state index in [2.05, 4.69) is 101 Å². The Hall–Kier alpha value is -3.10. The van der Waals surface area contributed by atoms with Gasteiger partial charge in [0.1, 0.15) is 29.0 Å². The fourth-order valence-corrected chi connectivity index (χ4v) is 8.34. The maximum absolute atomic E-state index is 12.9. The van der Waals surface area contributed by atoms with Crippen LogP contribution in [0.5, 0.6) is 0 Å². The van der Waals surface area contributed by atoms with Crippen molar-refractivity contribution < 1.29 is 9.32 Å². The van der Waals surface area contributed by atoms with Gasteiger partial charge in [0.05, 0.1) is 6.16 Å². The molecule has 0 unspecified atom stereocenters. The zero-order valence-electron chi connectivity index (χ0n) is 17.4. The van der Waals surface area contributed by atoms with Crippen LogP contribution in [-0.2, 0) is 11.2 Å². The highest BCUT2D eigenvalue weighted by Gasteiger charge is 2.45. The van der Waals surface area contributed by atoms with Gasteiger partial charge in [0, 0.05) is 19.3 Å². The van der Waals surface area contributed by atoms with Crippen LogP contribution < -0.4 is 15.9 Å². The number of aryl methyl sites for hydroxylation is 1. The third-order valence-corrected chi connectivity index (χ3v) is 10.0. The summed E-state index contributed by atoms with van der Waals surface area (Å²) in [5.41, 5.74) is 0. The van der Waals surface area contributed by atoms with Crippen molar-refractivity contribution in [3.8, 4) is 0 Å². The van der Waals surface area contributed by atoms with Crippen LogP contribution in [0.3, 0.4) is 0 Å². The van der Waals surface area contributed by atoms with E-state index in [9.17, 15) is 4.79 Å². The molecule has 4 rings (SSSR count). The van der Waals surface area contributed by atoms with Crippen molar-refractivity contribution in [1.29, 1.82) is 0 Å². The molecule has 4 nitrogen and oxygen atoms in total. The van der Waals surface area contributed by atoms with Crippen molar-refractivity contribution in [1.82, 2.24) is 10.1 Å². The van der Waals surface area contributed by atoms with E-state index in [0.717, 1.165) is 12.6 Å². The van der Waals surface area contributed by atoms with Crippen LogP contribution in [0.2, 0.25) is 0 Å². The Kier molecular flexibility index (Phi) is 7.01. The predicted octanol–water partition coefficient (Wildman–Crippen LogP) is 4.35. The van der Waals surface area contributed by atoms with Crippen molar-refractivity contribution in [3.63, 3.8) is 0 Å². The molecule has 31 heavy (non-hydrogen) atoms. The van der Waals surface area contributed by atoms with E-state index in [1.165, 1.54) is 22.2 Å². The van der Waals surface area contributed by atoms with E-state index in [1.807, 2.05) is 0 Å². The predicted molar refractivity (Wildman–Crippen MR) is 127 cm³/mol. The highest BCUT2D eigenvalue weighted by atomic mass is 31.2. The van der Waals surface area contributed by atoms with E-state index >= 15 is 0 Å². The Balaban J connectivity index is 1.61. The summed E-state index contributed by atoms with van der Waals surface area (Å²) in [7, 11) is -1.95. The first-order valence-corrected chi connectivity index (χ1v) is 12.6. The standard InChI is InChI=1S/C26H26N2O2P/c29-22(11-10-18-26-27-21-28-30-26)19-20-31(23-12-4-1-5-13-23,24-14-6-2-7-15-24)25-16-8-3-9-17-25/h1-9,12-17,21H,10-11,18-20H2/q+1. The van der Waals surface area contributed by atoms with Crippen LogP contribution in [0.15, 0.2) is 102 Å². The largest absolute Gasteiger partial charge is 0.340 e. The van der Waals surface area contributed by atoms with Gasteiger partial charge in [-0.3, -0.25) is 4.79 Å². The number of carbonyl (C=O) groups excluding carboxylic acids is 1. The fraction of sp³-hybridized carbons (Fsp3) is 0.192. The van der Waals surface area contributed by atoms with Gasteiger partial charge in [0.25, 0.3) is 0 Å². The summed E-state index contributed by atoms with van der Waals surface area (Å²) in [4.78, 5) is 16.9. The van der Waals surface area contributed by atoms with E-state index in [-0.39, 0.29) is 5.78 Å². The molecule has 0 aliphatic rings. The highest BCUT2D eigenvalue weighted by Crippen LogP contribution is 2.55. The van der Waals surface area contributed by atoms with Gasteiger partial charge in [-0.05, 0) is 42.8 Å². The molecule has 0 bridgehead atoms. The molecule has 0 fully saturated rings. The van der Waals surface area contributed by atoms with E-state index in [0.29, 0.717) is 25.2 Å². The third kappa shape index (κ3) is 4.98. The number of ketones is 1. The van der Waals surface area contributed by atoms with Crippen LogP contribution in [-0.4, -0.2) is 22.1 Å². The van der Waals surface area contributed by atoms with Gasteiger partial charge in [0.2, 0.25) is 5.89 Å². The first-order valence-electron chi connectivity index (χ1n) is 10.6. The Labute approximate surface area is 183 Å². The maximum atomic E-state index is 12.9. The van der Waals surface area contributed by atoms with Gasteiger partial charge in [-0.1, -0.05) is 59.8 Å². The smallest absolute Gasteiger partial charge is 0.226 e. The number of nitrogens with zero attached hydrogens (tertiary/aromatic N) is 2. The summed E-state index contributed by atoms with van der Waals surface area (Å²) in [5, 5.41) is 7.56. The first-order chi connectivity index (χ1) is 15.3. The van der Waals surface area contributed by atoms with Crippen LogP contribution >= 0.6 is 7.26 Å². The summed E-state index contributed by atoms with van der Waals surface area (Å²) in [6, 6.07) is 32.1. The van der Waals surface area contributed by atoms with Crippen molar-refractivity contribution in [2.75, 3.05) is 6.16 Å². The minimum Gasteiger partial charge on any atom is -0.340 e. The number of rotatable bonds is 10. The molecule has 4 aromatic rings. The Morgan fingerprint density at radius 2 is 1.26 bits per heavy atom. The normalized spacial score (nSPS) is 11.4. The van der Waals surface area contributed by atoms with Crippen molar-refractivity contribution in [2.24, 2.45) is 0 Å². The topological polar surface area (TPSA) is 56.0 Å². The van der Waals surface area contributed by atoms with Gasteiger partial charge < -0.3 is 4.52 Å². The lowest BCUT2D eigenvalue weighted by atomic mass is 10.1. The molecule has 0 aliphatic carbocycles. The number of aromatic nitrogens is 2. The molecule has 0 spiro atoms. The minimum atomic E-state index is -1.95. The quantitative estimate of drug-likeness (QED) is 0.352. The molecule has 1 heterocycles. The summed E-state index contributed by atoms with van der Waals surface area (Å²) in [6.45, 7) is 0. The summed E-state index contributed by atoms with van der Waals surface area (Å²) < 4.78 is 5.04. The third-order valence-electron chi connectivity index (χ3n) is 5.57. The zero-order chi connectivity index (χ0) is 21.4. The Bertz CT molecular complexity index is 972. The molecular formula is C26H26N2O2P+. The molecule has 0 atom stereocenters. The van der Waals surface area contributed by atoms with Crippen molar-refractivity contribution in [3.05, 3.63) is 103 Å². The second kappa shape index (κ2) is 10.3. The lowest BCUT2D eigenvalue weighted by molar-refractivity contribution is -0.118. The molecule has 0 saturated carbocycles. The monoisotopic (exact) mass is 429 g/mol. The van der Waals surface area contributed by atoms with Crippen LogP contribution in [0, 0.1) is 0 Å². The van der Waals surface area contributed by atoms with Crippen LogP contribution in [0.25, 0.3) is 0 Å². The van der Waals surface area contributed by atoms with Gasteiger partial charge in [-0.2, -0.15) is 4.98 Å². The van der Waals surface area contributed by atoms with E-state index in [1.54, 1.807) is 0 Å².